The van der Waals surface area contributed by atoms with Crippen molar-refractivity contribution in [1.82, 2.24) is 0 Å². The number of rotatable bonds is 8. The second-order valence-corrected chi connectivity index (χ2v) is 8.44. The molecule has 200 valence electrons. The molecule has 0 amide bonds. The first-order chi connectivity index (χ1) is 16.2. The van der Waals surface area contributed by atoms with E-state index in [1.165, 1.54) is 7.11 Å². The molecule has 9 N–H and O–H groups in total. The molecule has 0 saturated carbocycles. The second kappa shape index (κ2) is 12.1. The SMILES string of the molecule is CO[C@H]1O[C@H](CO)[C@@H](O)C[C@@H]1O[C@H]1O[C@H](CO)[C@@H](O)[C@H](O[C@H]2O[C@H](CO)[C@@H](O)[C@H](O)[C@H]2O)[C@@H]1O. The van der Waals surface area contributed by atoms with Crippen LogP contribution in [0.25, 0.3) is 0 Å². The lowest BCUT2D eigenvalue weighted by Crippen LogP contribution is -2.65. The van der Waals surface area contributed by atoms with Crippen LogP contribution in [0.1, 0.15) is 6.42 Å². The Morgan fingerprint density at radius 3 is 1.71 bits per heavy atom. The number of hydrogen-bond acceptors (Lipinski definition) is 15. The van der Waals surface area contributed by atoms with E-state index in [4.69, 9.17) is 28.4 Å². The third kappa shape index (κ3) is 5.69. The molecule has 14 atom stereocenters. The summed E-state index contributed by atoms with van der Waals surface area (Å²) in [7, 11) is 1.30. The van der Waals surface area contributed by atoms with Crippen LogP contribution in [0.2, 0.25) is 0 Å². The molecular weight excluding hydrogens is 468 g/mol. The molecule has 0 aromatic heterocycles. The number of aliphatic hydroxyl groups is 9. The minimum Gasteiger partial charge on any atom is -0.394 e. The standard InChI is InChI=1S/C19H34O15/c1-29-17-7(2-6(23)8(3-20)31-17)30-19-15(28)16(12(25)10(5-22)33-19)34-18-14(27)13(26)11(24)9(4-21)32-18/h6-28H,2-5H2,1H3/t6-,7-,8+,9+,10+,11+,12+,13-,14+,15-,16-,17-,18+,19-/m0/s1. The maximum atomic E-state index is 10.8. The van der Waals surface area contributed by atoms with Crippen molar-refractivity contribution in [2.45, 2.75) is 92.4 Å². The summed E-state index contributed by atoms with van der Waals surface area (Å²) in [4.78, 5) is 0. The first-order valence-corrected chi connectivity index (χ1v) is 10.9. The van der Waals surface area contributed by atoms with Crippen LogP contribution in [-0.4, -0.2) is 159 Å². The number of aliphatic hydroxyl groups excluding tert-OH is 9. The van der Waals surface area contributed by atoms with Crippen LogP contribution in [0.5, 0.6) is 0 Å². The summed E-state index contributed by atoms with van der Waals surface area (Å²) in [5.74, 6) is 0. The van der Waals surface area contributed by atoms with Gasteiger partial charge in [0, 0.05) is 13.5 Å². The predicted molar refractivity (Wildman–Crippen MR) is 105 cm³/mol. The summed E-state index contributed by atoms with van der Waals surface area (Å²) >= 11 is 0. The predicted octanol–water partition coefficient (Wildman–Crippen LogP) is -5.89. The van der Waals surface area contributed by atoms with Crippen LogP contribution in [0.4, 0.5) is 0 Å². The van der Waals surface area contributed by atoms with Gasteiger partial charge in [0.1, 0.15) is 61.0 Å². The normalized spacial score (nSPS) is 50.3. The molecule has 3 aliphatic heterocycles. The maximum absolute atomic E-state index is 10.8. The van der Waals surface area contributed by atoms with Gasteiger partial charge in [-0.05, 0) is 0 Å². The minimum absolute atomic E-state index is 0.0686. The van der Waals surface area contributed by atoms with Gasteiger partial charge in [-0.1, -0.05) is 0 Å². The van der Waals surface area contributed by atoms with E-state index in [0.29, 0.717) is 0 Å². The zero-order valence-electron chi connectivity index (χ0n) is 18.4. The first-order valence-electron chi connectivity index (χ1n) is 10.9. The molecule has 34 heavy (non-hydrogen) atoms. The molecule has 0 aliphatic carbocycles. The van der Waals surface area contributed by atoms with E-state index in [0.717, 1.165) is 0 Å². The smallest absolute Gasteiger partial charge is 0.187 e. The van der Waals surface area contributed by atoms with Crippen LogP contribution < -0.4 is 0 Å². The second-order valence-electron chi connectivity index (χ2n) is 8.44. The topological polar surface area (TPSA) is 237 Å². The Morgan fingerprint density at radius 1 is 0.618 bits per heavy atom. The highest BCUT2D eigenvalue weighted by atomic mass is 16.8. The summed E-state index contributed by atoms with van der Waals surface area (Å²) < 4.78 is 32.5. The molecule has 3 rings (SSSR count). The Morgan fingerprint density at radius 2 is 1.15 bits per heavy atom. The van der Waals surface area contributed by atoms with Crippen molar-refractivity contribution in [3.8, 4) is 0 Å². The number of hydrogen-bond donors (Lipinski definition) is 9. The average Bonchev–Trinajstić information content (AvgIpc) is 2.83. The van der Waals surface area contributed by atoms with Crippen LogP contribution >= 0.6 is 0 Å². The van der Waals surface area contributed by atoms with Gasteiger partial charge in [0.05, 0.1) is 25.9 Å². The zero-order valence-corrected chi connectivity index (χ0v) is 18.4. The van der Waals surface area contributed by atoms with E-state index >= 15 is 0 Å². The molecule has 0 radical (unpaired) electrons. The fourth-order valence-corrected chi connectivity index (χ4v) is 4.18. The Balaban J connectivity index is 1.74. The quantitative estimate of drug-likeness (QED) is 0.150. The van der Waals surface area contributed by atoms with Gasteiger partial charge in [-0.15, -0.1) is 0 Å². The van der Waals surface area contributed by atoms with E-state index in [-0.39, 0.29) is 6.42 Å². The van der Waals surface area contributed by atoms with Crippen LogP contribution in [0.15, 0.2) is 0 Å². The highest BCUT2D eigenvalue weighted by molar-refractivity contribution is 4.94. The fourth-order valence-electron chi connectivity index (χ4n) is 4.18. The monoisotopic (exact) mass is 502 g/mol. The maximum Gasteiger partial charge on any atom is 0.187 e. The van der Waals surface area contributed by atoms with Crippen molar-refractivity contribution in [2.75, 3.05) is 26.9 Å². The number of methoxy groups -OCH3 is 1. The van der Waals surface area contributed by atoms with Gasteiger partial charge in [0.2, 0.25) is 0 Å². The van der Waals surface area contributed by atoms with Crippen molar-refractivity contribution in [2.24, 2.45) is 0 Å². The van der Waals surface area contributed by atoms with E-state index in [1.807, 2.05) is 0 Å². The molecular formula is C19H34O15. The zero-order chi connectivity index (χ0) is 25.2. The van der Waals surface area contributed by atoms with E-state index in [2.05, 4.69) is 0 Å². The Bertz CT molecular complexity index is 625. The third-order valence-electron chi connectivity index (χ3n) is 6.20. The Labute approximate surface area is 194 Å². The van der Waals surface area contributed by atoms with Crippen molar-refractivity contribution in [1.29, 1.82) is 0 Å². The molecule has 0 aromatic rings. The lowest BCUT2D eigenvalue weighted by atomic mass is 9.96. The van der Waals surface area contributed by atoms with E-state index < -0.39 is 106 Å². The van der Waals surface area contributed by atoms with Gasteiger partial charge in [-0.2, -0.15) is 0 Å². The molecule has 3 heterocycles. The highest BCUT2D eigenvalue weighted by Gasteiger charge is 2.52. The van der Waals surface area contributed by atoms with Crippen molar-refractivity contribution in [3.05, 3.63) is 0 Å². The first kappa shape index (κ1) is 28.0. The summed E-state index contributed by atoms with van der Waals surface area (Å²) in [5, 5.41) is 89.9. The number of ether oxygens (including phenoxy) is 6. The van der Waals surface area contributed by atoms with Crippen molar-refractivity contribution >= 4 is 0 Å². The molecule has 15 heteroatoms. The molecule has 3 fully saturated rings. The largest absolute Gasteiger partial charge is 0.394 e. The van der Waals surface area contributed by atoms with Crippen molar-refractivity contribution < 1.29 is 74.4 Å². The minimum atomic E-state index is -1.80. The van der Waals surface area contributed by atoms with Crippen LogP contribution in [0, 0.1) is 0 Å². The third-order valence-corrected chi connectivity index (χ3v) is 6.20. The molecule has 3 aliphatic rings. The van der Waals surface area contributed by atoms with Gasteiger partial charge in [0.25, 0.3) is 0 Å². The Hall–Kier alpha value is -0.600. The van der Waals surface area contributed by atoms with Crippen molar-refractivity contribution in [3.63, 3.8) is 0 Å². The van der Waals surface area contributed by atoms with Gasteiger partial charge in [-0.3, -0.25) is 0 Å². The van der Waals surface area contributed by atoms with Gasteiger partial charge in [0.15, 0.2) is 18.9 Å². The van der Waals surface area contributed by atoms with Crippen LogP contribution in [-0.2, 0) is 28.4 Å². The summed E-state index contributed by atoms with van der Waals surface area (Å²) in [6, 6.07) is 0. The molecule has 0 spiro atoms. The lowest BCUT2D eigenvalue weighted by molar-refractivity contribution is -0.376. The van der Waals surface area contributed by atoms with E-state index in [9.17, 15) is 46.0 Å². The summed E-state index contributed by atoms with van der Waals surface area (Å²) in [6.45, 7) is -1.90. The van der Waals surface area contributed by atoms with Gasteiger partial charge < -0.3 is 74.4 Å². The molecule has 3 saturated heterocycles. The lowest BCUT2D eigenvalue weighted by Gasteiger charge is -2.47. The van der Waals surface area contributed by atoms with Crippen LogP contribution in [0.3, 0.4) is 0 Å². The average molecular weight is 502 g/mol. The highest BCUT2D eigenvalue weighted by Crippen LogP contribution is 2.32. The Kier molecular flexibility index (Phi) is 9.95. The van der Waals surface area contributed by atoms with E-state index in [1.54, 1.807) is 0 Å². The summed E-state index contributed by atoms with van der Waals surface area (Å²) in [5.41, 5.74) is 0. The molecule has 15 nitrogen and oxygen atoms in total. The molecule has 0 unspecified atom stereocenters. The molecule has 0 aromatic carbocycles. The summed E-state index contributed by atoms with van der Waals surface area (Å²) in [6.07, 6.45) is -20.2. The fraction of sp³-hybridized carbons (Fsp3) is 1.00. The van der Waals surface area contributed by atoms with Gasteiger partial charge in [-0.25, -0.2) is 0 Å². The van der Waals surface area contributed by atoms with Gasteiger partial charge >= 0.3 is 0 Å². The molecule has 0 bridgehead atoms.